The topological polar surface area (TPSA) is 86.0 Å². The summed E-state index contributed by atoms with van der Waals surface area (Å²) >= 11 is 1.07. The van der Waals surface area contributed by atoms with Crippen molar-refractivity contribution < 1.29 is 8.42 Å². The summed E-state index contributed by atoms with van der Waals surface area (Å²) < 4.78 is 31.8. The van der Waals surface area contributed by atoms with Gasteiger partial charge in [0, 0.05) is 31.5 Å². The normalized spacial score (nSPS) is 12.3. The second-order valence-electron chi connectivity index (χ2n) is 6.01. The Morgan fingerprint density at radius 1 is 1.32 bits per heavy atom. The maximum Gasteiger partial charge on any atom is 0.308 e. The van der Waals surface area contributed by atoms with Crippen LogP contribution in [-0.4, -0.2) is 29.1 Å². The van der Waals surface area contributed by atoms with Crippen LogP contribution >= 0.6 is 11.3 Å². The molecule has 7 nitrogen and oxygen atoms in total. The minimum Gasteiger partial charge on any atom is -0.337 e. The van der Waals surface area contributed by atoms with E-state index in [1.54, 1.807) is 35.3 Å². The van der Waals surface area contributed by atoms with Gasteiger partial charge in [0.05, 0.1) is 21.4 Å². The van der Waals surface area contributed by atoms with Crippen LogP contribution < -0.4 is 9.60 Å². The molecular formula is C16H20N4O3S2. The van der Waals surface area contributed by atoms with E-state index in [9.17, 15) is 13.2 Å². The number of hydrogen-bond acceptors (Lipinski definition) is 5. The van der Waals surface area contributed by atoms with Gasteiger partial charge in [0.15, 0.2) is 0 Å². The minimum atomic E-state index is -3.60. The molecule has 0 amide bonds. The summed E-state index contributed by atoms with van der Waals surface area (Å²) in [5, 5.41) is 0. The lowest BCUT2D eigenvalue weighted by Gasteiger charge is -2.09. The van der Waals surface area contributed by atoms with E-state index in [0.29, 0.717) is 24.2 Å². The average molecular weight is 380 g/mol. The molecular weight excluding hydrogens is 360 g/mol. The summed E-state index contributed by atoms with van der Waals surface area (Å²) in [6.45, 7) is 4.89. The van der Waals surface area contributed by atoms with Gasteiger partial charge < -0.3 is 4.57 Å². The number of aryl methyl sites for hydroxylation is 1. The minimum absolute atomic E-state index is 0.0324. The Bertz CT molecular complexity index is 1020. The molecule has 2 aromatic heterocycles. The van der Waals surface area contributed by atoms with Gasteiger partial charge in [-0.2, -0.15) is 0 Å². The molecule has 0 aliphatic heterocycles. The van der Waals surface area contributed by atoms with Gasteiger partial charge in [-0.05, 0) is 38.5 Å². The zero-order chi connectivity index (χ0) is 18.0. The fourth-order valence-electron chi connectivity index (χ4n) is 2.64. The van der Waals surface area contributed by atoms with Crippen molar-refractivity contribution >= 4 is 31.6 Å². The van der Waals surface area contributed by atoms with Gasteiger partial charge in [-0.1, -0.05) is 11.3 Å². The Balaban J connectivity index is 1.74. The van der Waals surface area contributed by atoms with Crippen LogP contribution in [0.5, 0.6) is 0 Å². The van der Waals surface area contributed by atoms with E-state index in [-0.39, 0.29) is 15.8 Å². The fraction of sp³-hybridized carbons (Fsp3) is 0.375. The molecule has 3 rings (SSSR count). The second-order valence-corrected chi connectivity index (χ2v) is 8.77. The van der Waals surface area contributed by atoms with Gasteiger partial charge in [0.2, 0.25) is 10.0 Å². The van der Waals surface area contributed by atoms with Crippen LogP contribution in [0, 0.1) is 0 Å². The van der Waals surface area contributed by atoms with Crippen LogP contribution in [0.4, 0.5) is 0 Å². The summed E-state index contributed by atoms with van der Waals surface area (Å²) in [5.41, 5.74) is 0.768. The first-order valence-electron chi connectivity index (χ1n) is 7.99. The largest absolute Gasteiger partial charge is 0.337 e. The van der Waals surface area contributed by atoms with Crippen LogP contribution in [0.2, 0.25) is 0 Å². The van der Waals surface area contributed by atoms with E-state index in [4.69, 9.17) is 0 Å². The van der Waals surface area contributed by atoms with Crippen LogP contribution in [0.25, 0.3) is 10.2 Å². The van der Waals surface area contributed by atoms with E-state index in [2.05, 4.69) is 9.71 Å². The summed E-state index contributed by atoms with van der Waals surface area (Å²) in [4.78, 5) is 16.1. The number of benzene rings is 1. The number of rotatable bonds is 7. The molecule has 2 heterocycles. The van der Waals surface area contributed by atoms with Crippen molar-refractivity contribution in [2.24, 2.45) is 0 Å². The average Bonchev–Trinajstić information content (AvgIpc) is 3.17. The molecule has 0 fully saturated rings. The molecule has 9 heteroatoms. The van der Waals surface area contributed by atoms with Crippen molar-refractivity contribution in [2.75, 3.05) is 6.54 Å². The van der Waals surface area contributed by atoms with E-state index in [1.165, 1.54) is 0 Å². The maximum absolute atomic E-state index is 12.5. The summed E-state index contributed by atoms with van der Waals surface area (Å²) in [7, 11) is -3.60. The number of sulfonamides is 1. The number of nitrogens with zero attached hydrogens (tertiary/aromatic N) is 3. The molecule has 0 radical (unpaired) electrons. The number of imidazole rings is 1. The van der Waals surface area contributed by atoms with Gasteiger partial charge in [-0.3, -0.25) is 9.36 Å². The predicted molar refractivity (Wildman–Crippen MR) is 98.5 cm³/mol. The lowest BCUT2D eigenvalue weighted by Crippen LogP contribution is -2.25. The lowest BCUT2D eigenvalue weighted by atomic mass is 10.3. The molecule has 0 aliphatic carbocycles. The Morgan fingerprint density at radius 2 is 2.12 bits per heavy atom. The van der Waals surface area contributed by atoms with Crippen molar-refractivity contribution in [3.63, 3.8) is 0 Å². The molecule has 0 saturated heterocycles. The van der Waals surface area contributed by atoms with Crippen LogP contribution in [-0.2, 0) is 16.6 Å². The highest BCUT2D eigenvalue weighted by atomic mass is 32.2. The summed E-state index contributed by atoms with van der Waals surface area (Å²) in [6.07, 6.45) is 5.89. The SMILES string of the molecule is CC(C)n1c(=O)sc2cc(S(=O)(=O)NCCCn3ccnc3)ccc21. The van der Waals surface area contributed by atoms with E-state index in [0.717, 1.165) is 16.9 Å². The molecule has 0 aliphatic rings. The number of fused-ring (bicyclic) bond motifs is 1. The van der Waals surface area contributed by atoms with E-state index in [1.807, 2.05) is 24.6 Å². The zero-order valence-corrected chi connectivity index (χ0v) is 15.7. The highest BCUT2D eigenvalue weighted by molar-refractivity contribution is 7.89. The predicted octanol–water partition coefficient (Wildman–Crippen LogP) is 2.21. The monoisotopic (exact) mass is 380 g/mol. The molecule has 0 unspecified atom stereocenters. The number of nitrogens with one attached hydrogen (secondary N) is 1. The van der Waals surface area contributed by atoms with Gasteiger partial charge in [0.1, 0.15) is 0 Å². The third-order valence-electron chi connectivity index (χ3n) is 3.86. The number of hydrogen-bond donors (Lipinski definition) is 1. The number of thiazole rings is 1. The Hall–Kier alpha value is -1.97. The highest BCUT2D eigenvalue weighted by Gasteiger charge is 2.17. The van der Waals surface area contributed by atoms with Crippen LogP contribution in [0.3, 0.4) is 0 Å². The first-order chi connectivity index (χ1) is 11.9. The van der Waals surface area contributed by atoms with Crippen molar-refractivity contribution in [1.29, 1.82) is 0 Å². The first-order valence-corrected chi connectivity index (χ1v) is 10.3. The lowest BCUT2D eigenvalue weighted by molar-refractivity contribution is 0.570. The third kappa shape index (κ3) is 3.83. The fourth-order valence-corrected chi connectivity index (χ4v) is 4.87. The summed E-state index contributed by atoms with van der Waals surface area (Å²) in [6, 6.07) is 4.85. The molecule has 0 saturated carbocycles. The zero-order valence-electron chi connectivity index (χ0n) is 14.0. The van der Waals surface area contributed by atoms with Gasteiger partial charge in [-0.25, -0.2) is 18.1 Å². The van der Waals surface area contributed by atoms with Gasteiger partial charge >= 0.3 is 4.87 Å². The summed E-state index contributed by atoms with van der Waals surface area (Å²) in [5.74, 6) is 0. The van der Waals surface area contributed by atoms with Gasteiger partial charge in [-0.15, -0.1) is 0 Å². The Kier molecular flexibility index (Phi) is 5.07. The van der Waals surface area contributed by atoms with Crippen molar-refractivity contribution in [2.45, 2.75) is 37.8 Å². The maximum atomic E-state index is 12.5. The molecule has 134 valence electrons. The van der Waals surface area contributed by atoms with Crippen molar-refractivity contribution in [1.82, 2.24) is 18.8 Å². The quantitative estimate of drug-likeness (QED) is 0.637. The van der Waals surface area contributed by atoms with Crippen molar-refractivity contribution in [3.8, 4) is 0 Å². The molecule has 0 atom stereocenters. The van der Waals surface area contributed by atoms with Gasteiger partial charge in [0.25, 0.3) is 0 Å². The standard InChI is InChI=1S/C16H20N4O3S2/c1-12(2)20-14-5-4-13(10-15(14)24-16(20)21)25(22,23)18-6-3-8-19-9-7-17-11-19/h4-5,7,9-12,18H,3,6,8H2,1-2H3. The first kappa shape index (κ1) is 17.8. The van der Waals surface area contributed by atoms with E-state index < -0.39 is 10.0 Å². The van der Waals surface area contributed by atoms with E-state index >= 15 is 0 Å². The molecule has 1 N–H and O–H groups in total. The smallest absolute Gasteiger partial charge is 0.308 e. The van der Waals surface area contributed by atoms with Crippen LogP contribution in [0.15, 0.2) is 46.6 Å². The Labute approximate surface area is 150 Å². The molecule has 25 heavy (non-hydrogen) atoms. The highest BCUT2D eigenvalue weighted by Crippen LogP contribution is 2.23. The Morgan fingerprint density at radius 3 is 2.80 bits per heavy atom. The van der Waals surface area contributed by atoms with Crippen molar-refractivity contribution in [3.05, 3.63) is 46.6 Å². The number of aromatic nitrogens is 3. The molecule has 1 aromatic carbocycles. The molecule has 0 spiro atoms. The van der Waals surface area contributed by atoms with Crippen LogP contribution in [0.1, 0.15) is 26.3 Å². The molecule has 3 aromatic rings. The second kappa shape index (κ2) is 7.11. The molecule has 0 bridgehead atoms. The third-order valence-corrected chi connectivity index (χ3v) is 6.23.